The van der Waals surface area contributed by atoms with Crippen molar-refractivity contribution in [3.8, 4) is 0 Å². The fourth-order valence-corrected chi connectivity index (χ4v) is 4.83. The van der Waals surface area contributed by atoms with Crippen LogP contribution in [0.2, 0.25) is 0 Å². The number of rotatable bonds is 11. The number of hydrogen-bond acceptors (Lipinski definition) is 5. The van der Waals surface area contributed by atoms with Gasteiger partial charge in [0.15, 0.2) is 0 Å². The van der Waals surface area contributed by atoms with E-state index < -0.39 is 5.97 Å². The van der Waals surface area contributed by atoms with Gasteiger partial charge in [-0.15, -0.1) is 0 Å². The highest BCUT2D eigenvalue weighted by Gasteiger charge is 2.48. The van der Waals surface area contributed by atoms with Crippen LogP contribution in [0.25, 0.3) is 0 Å². The second-order valence-electron chi connectivity index (χ2n) is 8.34. The zero-order valence-corrected chi connectivity index (χ0v) is 18.2. The number of ether oxygens (including phenoxy) is 2. The molecule has 0 radical (unpaired) electrons. The molecule has 0 spiro atoms. The van der Waals surface area contributed by atoms with Crippen LogP contribution in [0.5, 0.6) is 0 Å². The standard InChI is InChI=1S/C25H30O6/c1-30-23-21(28)18-15-25(17-11-7-6-8-12-17,16-19(18)22(29)24(23)31-2)14-10-5-3-4-9-13-20(26)27/h6-8,11-12H,3-5,9-10,13-16H2,1-2H3,(H,26,27). The van der Waals surface area contributed by atoms with E-state index in [1.165, 1.54) is 14.2 Å². The molecule has 6 nitrogen and oxygen atoms in total. The number of ketones is 2. The van der Waals surface area contributed by atoms with Crippen molar-refractivity contribution in [2.24, 2.45) is 0 Å². The van der Waals surface area contributed by atoms with Gasteiger partial charge in [0.05, 0.1) is 14.2 Å². The molecule has 0 saturated carbocycles. The average molecular weight is 427 g/mol. The van der Waals surface area contributed by atoms with Crippen molar-refractivity contribution in [1.82, 2.24) is 0 Å². The highest BCUT2D eigenvalue weighted by atomic mass is 16.5. The Labute approximate surface area is 182 Å². The molecule has 0 atom stereocenters. The third kappa shape index (κ3) is 4.73. The lowest BCUT2D eigenvalue weighted by Gasteiger charge is -2.30. The first kappa shape index (κ1) is 22.8. The molecule has 166 valence electrons. The summed E-state index contributed by atoms with van der Waals surface area (Å²) in [6.45, 7) is 0. The monoisotopic (exact) mass is 426 g/mol. The Hall–Kier alpha value is -2.89. The van der Waals surface area contributed by atoms with Crippen molar-refractivity contribution >= 4 is 17.5 Å². The first-order valence-corrected chi connectivity index (χ1v) is 10.8. The van der Waals surface area contributed by atoms with Crippen LogP contribution in [-0.4, -0.2) is 36.9 Å². The summed E-state index contributed by atoms with van der Waals surface area (Å²) in [4.78, 5) is 36.8. The SMILES string of the molecule is COC1=C(OC)C(=O)C2=C(CC(CCCCCCCC(=O)O)(c3ccccc3)C2)C1=O. The van der Waals surface area contributed by atoms with Crippen LogP contribution in [-0.2, 0) is 29.3 Å². The molecule has 2 aliphatic rings. The van der Waals surface area contributed by atoms with E-state index in [1.807, 2.05) is 18.2 Å². The Balaban J connectivity index is 1.75. The molecule has 0 fully saturated rings. The van der Waals surface area contributed by atoms with Crippen LogP contribution in [0.1, 0.15) is 63.4 Å². The molecular weight excluding hydrogens is 396 g/mol. The van der Waals surface area contributed by atoms with Gasteiger partial charge in [0.25, 0.3) is 0 Å². The van der Waals surface area contributed by atoms with Gasteiger partial charge in [-0.05, 0) is 31.2 Å². The Morgan fingerprint density at radius 1 is 0.871 bits per heavy atom. The second-order valence-corrected chi connectivity index (χ2v) is 8.34. The fourth-order valence-electron chi connectivity index (χ4n) is 4.83. The summed E-state index contributed by atoms with van der Waals surface area (Å²) in [5.74, 6) is -1.26. The summed E-state index contributed by atoms with van der Waals surface area (Å²) in [6.07, 6.45) is 6.61. The topological polar surface area (TPSA) is 89.9 Å². The van der Waals surface area contributed by atoms with Crippen molar-refractivity contribution in [1.29, 1.82) is 0 Å². The van der Waals surface area contributed by atoms with E-state index in [1.54, 1.807) is 0 Å². The molecule has 0 heterocycles. The van der Waals surface area contributed by atoms with Crippen LogP contribution in [0, 0.1) is 0 Å². The molecule has 0 unspecified atom stereocenters. The van der Waals surface area contributed by atoms with Gasteiger partial charge >= 0.3 is 5.97 Å². The van der Waals surface area contributed by atoms with E-state index in [9.17, 15) is 14.4 Å². The van der Waals surface area contributed by atoms with Crippen LogP contribution in [0.15, 0.2) is 53.0 Å². The molecule has 1 aromatic rings. The zero-order chi connectivity index (χ0) is 22.4. The highest BCUT2D eigenvalue weighted by molar-refractivity contribution is 6.24. The first-order chi connectivity index (χ1) is 14.9. The minimum atomic E-state index is -0.751. The summed E-state index contributed by atoms with van der Waals surface area (Å²) in [5.41, 5.74) is 1.93. The van der Waals surface area contributed by atoms with Crippen molar-refractivity contribution in [2.75, 3.05) is 14.2 Å². The van der Waals surface area contributed by atoms with Crippen molar-refractivity contribution in [2.45, 2.75) is 63.2 Å². The van der Waals surface area contributed by atoms with Gasteiger partial charge in [-0.2, -0.15) is 0 Å². The maximum Gasteiger partial charge on any atom is 0.303 e. The number of carboxylic acids is 1. The number of carboxylic acid groups (broad SMARTS) is 1. The van der Waals surface area contributed by atoms with Gasteiger partial charge in [0.2, 0.25) is 23.1 Å². The molecule has 3 rings (SSSR count). The number of aliphatic carboxylic acids is 1. The Kier molecular flexibility index (Phi) is 7.31. The molecule has 0 saturated heterocycles. The normalized spacial score (nSPS) is 17.7. The average Bonchev–Trinajstić information content (AvgIpc) is 3.17. The number of hydrogen-bond donors (Lipinski definition) is 1. The molecule has 2 aliphatic carbocycles. The maximum atomic E-state index is 13.1. The van der Waals surface area contributed by atoms with E-state index in [0.717, 1.165) is 37.7 Å². The summed E-state index contributed by atoms with van der Waals surface area (Å²) >= 11 is 0. The van der Waals surface area contributed by atoms with Crippen LogP contribution >= 0.6 is 0 Å². The molecule has 0 amide bonds. The van der Waals surface area contributed by atoms with E-state index in [2.05, 4.69) is 12.1 Å². The Bertz CT molecular complexity index is 871. The molecule has 6 heteroatoms. The van der Waals surface area contributed by atoms with E-state index >= 15 is 0 Å². The molecule has 0 bridgehead atoms. The molecular formula is C25H30O6. The summed E-state index contributed by atoms with van der Waals surface area (Å²) in [5, 5.41) is 8.76. The lowest BCUT2D eigenvalue weighted by atomic mass is 9.73. The van der Waals surface area contributed by atoms with Gasteiger partial charge in [-0.3, -0.25) is 14.4 Å². The molecule has 31 heavy (non-hydrogen) atoms. The molecule has 0 aliphatic heterocycles. The predicted molar refractivity (Wildman–Crippen MR) is 115 cm³/mol. The zero-order valence-electron chi connectivity index (χ0n) is 18.2. The van der Waals surface area contributed by atoms with Gasteiger partial charge < -0.3 is 14.6 Å². The van der Waals surface area contributed by atoms with Gasteiger partial charge in [0.1, 0.15) is 0 Å². The quantitative estimate of drug-likeness (QED) is 0.414. The largest absolute Gasteiger partial charge is 0.489 e. The highest BCUT2D eigenvalue weighted by Crippen LogP contribution is 2.50. The van der Waals surface area contributed by atoms with Crippen molar-refractivity contribution in [3.05, 3.63) is 58.6 Å². The Morgan fingerprint density at radius 3 is 1.90 bits per heavy atom. The third-order valence-electron chi connectivity index (χ3n) is 6.40. The van der Waals surface area contributed by atoms with Crippen LogP contribution in [0.3, 0.4) is 0 Å². The van der Waals surface area contributed by atoms with Gasteiger partial charge in [-0.1, -0.05) is 56.0 Å². The van der Waals surface area contributed by atoms with Crippen LogP contribution in [0.4, 0.5) is 0 Å². The second kappa shape index (κ2) is 9.94. The van der Waals surface area contributed by atoms with Gasteiger partial charge in [-0.25, -0.2) is 0 Å². The van der Waals surface area contributed by atoms with E-state index in [0.29, 0.717) is 30.4 Å². The van der Waals surface area contributed by atoms with Crippen molar-refractivity contribution < 1.29 is 29.0 Å². The molecule has 0 aromatic heterocycles. The summed E-state index contributed by atoms with van der Waals surface area (Å²) in [7, 11) is 2.77. The number of carbonyl (C=O) groups is 3. The summed E-state index contributed by atoms with van der Waals surface area (Å²) < 4.78 is 10.4. The maximum absolute atomic E-state index is 13.1. The molecule has 1 aromatic carbocycles. The Morgan fingerprint density at radius 2 is 1.39 bits per heavy atom. The number of carbonyl (C=O) groups excluding carboxylic acids is 2. The predicted octanol–water partition coefficient (Wildman–Crippen LogP) is 4.49. The number of benzene rings is 1. The van der Waals surface area contributed by atoms with E-state index in [-0.39, 0.29) is 34.9 Å². The first-order valence-electron chi connectivity index (χ1n) is 10.8. The fraction of sp³-hybridized carbons (Fsp3) is 0.480. The van der Waals surface area contributed by atoms with Gasteiger partial charge in [0, 0.05) is 23.0 Å². The van der Waals surface area contributed by atoms with Crippen LogP contribution < -0.4 is 0 Å². The minimum absolute atomic E-state index is 0.00598. The number of Topliss-reactive ketones (excluding diaryl/α,β-unsaturated/α-hetero) is 2. The lowest BCUT2D eigenvalue weighted by molar-refractivity contribution is -0.137. The number of allylic oxidation sites excluding steroid dienone is 2. The summed E-state index contributed by atoms with van der Waals surface area (Å²) in [6, 6.07) is 10.1. The lowest BCUT2D eigenvalue weighted by Crippen LogP contribution is -2.24. The third-order valence-corrected chi connectivity index (χ3v) is 6.40. The molecule has 1 N–H and O–H groups in total. The number of unbranched alkanes of at least 4 members (excludes halogenated alkanes) is 4. The minimum Gasteiger partial charge on any atom is -0.489 e. The van der Waals surface area contributed by atoms with E-state index in [4.69, 9.17) is 14.6 Å². The smallest absolute Gasteiger partial charge is 0.303 e. The van der Waals surface area contributed by atoms with Crippen molar-refractivity contribution in [3.63, 3.8) is 0 Å². The number of methoxy groups -OCH3 is 2.